The van der Waals surface area contributed by atoms with Gasteiger partial charge in [-0.2, -0.15) is 5.10 Å². The maximum absolute atomic E-state index is 12.3. The average molecular weight is 352 g/mol. The number of rotatable bonds is 6. The van der Waals surface area contributed by atoms with Crippen LogP contribution in [0.4, 0.5) is 0 Å². The fourth-order valence-electron chi connectivity index (χ4n) is 2.84. The molecule has 1 amide bonds. The molecule has 1 fully saturated rings. The monoisotopic (exact) mass is 352 g/mol. The van der Waals surface area contributed by atoms with E-state index < -0.39 is 0 Å². The Bertz CT molecular complexity index is 774. The van der Waals surface area contributed by atoms with Gasteiger partial charge in [0.25, 0.3) is 5.91 Å². The van der Waals surface area contributed by atoms with Crippen LogP contribution in [0.5, 0.6) is 5.75 Å². The van der Waals surface area contributed by atoms with E-state index in [-0.39, 0.29) is 18.0 Å². The number of amides is 1. The number of nitrogens with zero attached hydrogens (tertiary/aromatic N) is 1. The molecule has 0 aromatic heterocycles. The minimum atomic E-state index is -0.342. The molecule has 0 aliphatic carbocycles. The number of nitrogens with one attached hydrogen (secondary N) is 3. The third kappa shape index (κ3) is 4.68. The average Bonchev–Trinajstić information content (AvgIpc) is 3.14. The van der Waals surface area contributed by atoms with Crippen molar-refractivity contribution < 1.29 is 9.53 Å². The van der Waals surface area contributed by atoms with Gasteiger partial charge in [0.1, 0.15) is 11.8 Å². The fourth-order valence-corrected chi connectivity index (χ4v) is 2.84. The van der Waals surface area contributed by atoms with E-state index in [9.17, 15) is 4.79 Å². The van der Waals surface area contributed by atoms with Crippen LogP contribution in [-0.2, 0) is 4.79 Å². The Labute approximate surface area is 153 Å². The van der Waals surface area contributed by atoms with Crippen molar-refractivity contribution in [2.75, 3.05) is 6.61 Å². The summed E-state index contributed by atoms with van der Waals surface area (Å²) in [6, 6.07) is 15.6. The lowest BCUT2D eigenvalue weighted by Gasteiger charge is -2.11. The quantitative estimate of drug-likeness (QED) is 0.551. The van der Waals surface area contributed by atoms with Gasteiger partial charge in [0.2, 0.25) is 0 Å². The Morgan fingerprint density at radius 2 is 2.08 bits per heavy atom. The molecule has 1 aliphatic rings. The van der Waals surface area contributed by atoms with Gasteiger partial charge in [-0.3, -0.25) is 4.79 Å². The molecule has 1 heterocycles. The molecule has 1 saturated heterocycles. The molecule has 2 atom stereocenters. The highest BCUT2D eigenvalue weighted by Gasteiger charge is 2.30. The summed E-state index contributed by atoms with van der Waals surface area (Å²) in [6.07, 6.45) is 2.28. The van der Waals surface area contributed by atoms with Crippen molar-refractivity contribution in [3.05, 3.63) is 65.2 Å². The van der Waals surface area contributed by atoms with Crippen molar-refractivity contribution in [2.24, 2.45) is 5.10 Å². The normalized spacial score (nSPS) is 19.6. The van der Waals surface area contributed by atoms with Crippen LogP contribution in [0.1, 0.15) is 36.1 Å². The Morgan fingerprint density at radius 3 is 2.85 bits per heavy atom. The first kappa shape index (κ1) is 18.1. The summed E-state index contributed by atoms with van der Waals surface area (Å²) < 4.78 is 5.54. The summed E-state index contributed by atoms with van der Waals surface area (Å²) in [5.74, 6) is 0.673. The first-order valence-corrected chi connectivity index (χ1v) is 8.79. The molecule has 0 spiro atoms. The first-order chi connectivity index (χ1) is 12.7. The van der Waals surface area contributed by atoms with Crippen LogP contribution < -0.4 is 21.0 Å². The van der Waals surface area contributed by atoms with Crippen LogP contribution in [0.25, 0.3) is 0 Å². The Morgan fingerprint density at radius 1 is 1.27 bits per heavy atom. The van der Waals surface area contributed by atoms with E-state index in [2.05, 4.69) is 21.4 Å². The maximum atomic E-state index is 12.3. The van der Waals surface area contributed by atoms with E-state index in [1.54, 1.807) is 6.21 Å². The molecule has 26 heavy (non-hydrogen) atoms. The lowest BCUT2D eigenvalue weighted by molar-refractivity contribution is -0.122. The van der Waals surface area contributed by atoms with Gasteiger partial charge < -0.3 is 4.74 Å². The number of hydrazine groups is 1. The van der Waals surface area contributed by atoms with Crippen LogP contribution in [-0.4, -0.2) is 24.8 Å². The third-order valence-corrected chi connectivity index (χ3v) is 4.26. The van der Waals surface area contributed by atoms with Crippen molar-refractivity contribution in [1.29, 1.82) is 0 Å². The zero-order valence-electron chi connectivity index (χ0n) is 15.0. The lowest BCUT2D eigenvalue weighted by atomic mass is 10.0. The van der Waals surface area contributed by atoms with E-state index in [1.807, 2.05) is 62.4 Å². The topological polar surface area (TPSA) is 74.8 Å². The van der Waals surface area contributed by atoms with Gasteiger partial charge >= 0.3 is 0 Å². The number of ether oxygens (including phenoxy) is 1. The number of hydrazone groups is 1. The summed E-state index contributed by atoms with van der Waals surface area (Å²) in [5, 5.41) is 4.04. The molecule has 136 valence electrons. The minimum absolute atomic E-state index is 0.0484. The molecule has 3 N–H and O–H groups in total. The van der Waals surface area contributed by atoms with Gasteiger partial charge in [-0.25, -0.2) is 16.3 Å². The molecular weight excluding hydrogens is 328 g/mol. The molecule has 1 aliphatic heterocycles. The van der Waals surface area contributed by atoms with Crippen molar-refractivity contribution in [3.8, 4) is 5.75 Å². The van der Waals surface area contributed by atoms with Crippen molar-refractivity contribution in [1.82, 2.24) is 16.3 Å². The predicted octanol–water partition coefficient (Wildman–Crippen LogP) is 2.45. The predicted molar refractivity (Wildman–Crippen MR) is 102 cm³/mol. The highest BCUT2D eigenvalue weighted by Crippen LogP contribution is 2.25. The molecular formula is C20H24N4O2. The van der Waals surface area contributed by atoms with Crippen LogP contribution in [0.3, 0.4) is 0 Å². The van der Waals surface area contributed by atoms with Gasteiger partial charge in [0.05, 0.1) is 12.8 Å². The second-order valence-corrected chi connectivity index (χ2v) is 6.28. The number of hydrogen-bond donors (Lipinski definition) is 3. The van der Waals surface area contributed by atoms with E-state index >= 15 is 0 Å². The molecule has 6 heteroatoms. The molecule has 3 rings (SSSR count). The highest BCUT2D eigenvalue weighted by molar-refractivity contribution is 5.85. The van der Waals surface area contributed by atoms with Gasteiger partial charge in [-0.1, -0.05) is 42.0 Å². The maximum Gasteiger partial charge on any atom is 0.258 e. The second-order valence-electron chi connectivity index (χ2n) is 6.28. The van der Waals surface area contributed by atoms with Crippen LogP contribution in [0.15, 0.2) is 53.6 Å². The third-order valence-electron chi connectivity index (χ3n) is 4.26. The van der Waals surface area contributed by atoms with Crippen LogP contribution in [0.2, 0.25) is 0 Å². The number of benzene rings is 2. The summed E-state index contributed by atoms with van der Waals surface area (Å²) >= 11 is 0. The summed E-state index contributed by atoms with van der Waals surface area (Å²) in [7, 11) is 0. The minimum Gasteiger partial charge on any atom is -0.494 e. The highest BCUT2D eigenvalue weighted by atomic mass is 16.5. The largest absolute Gasteiger partial charge is 0.494 e. The Balaban J connectivity index is 1.54. The van der Waals surface area contributed by atoms with Gasteiger partial charge in [0, 0.05) is 6.04 Å². The standard InChI is InChI=1S/C20H24N4O2/c1-3-26-17-6-4-5-16(11-17)18-12-19(23-22-18)20(25)24-21-13-15-9-7-14(2)8-10-15/h4-11,13,18-19,22-23H,3,12H2,1-2H3,(H,24,25)/b21-13+. The zero-order chi connectivity index (χ0) is 18.4. The van der Waals surface area contributed by atoms with Crippen LogP contribution in [0, 0.1) is 6.92 Å². The molecule has 0 bridgehead atoms. The molecule has 6 nitrogen and oxygen atoms in total. The SMILES string of the molecule is CCOc1cccc(C2CC(C(=O)N/N=C/c3ccc(C)cc3)NN2)c1. The van der Waals surface area contributed by atoms with Gasteiger partial charge in [0.15, 0.2) is 0 Å². The summed E-state index contributed by atoms with van der Waals surface area (Å²) in [4.78, 5) is 12.3. The molecule has 2 aromatic carbocycles. The van der Waals surface area contributed by atoms with Crippen molar-refractivity contribution in [3.63, 3.8) is 0 Å². The Kier molecular flexibility index (Phi) is 5.99. The van der Waals surface area contributed by atoms with E-state index in [0.29, 0.717) is 13.0 Å². The molecule has 2 aromatic rings. The van der Waals surface area contributed by atoms with E-state index in [0.717, 1.165) is 16.9 Å². The van der Waals surface area contributed by atoms with E-state index in [4.69, 9.17) is 4.74 Å². The number of carbonyl (C=O) groups excluding carboxylic acids is 1. The zero-order valence-corrected chi connectivity index (χ0v) is 15.0. The first-order valence-electron chi connectivity index (χ1n) is 8.79. The number of hydrogen-bond acceptors (Lipinski definition) is 5. The van der Waals surface area contributed by atoms with Crippen molar-refractivity contribution in [2.45, 2.75) is 32.4 Å². The molecule has 0 radical (unpaired) electrons. The number of aryl methyl sites for hydroxylation is 1. The molecule has 0 saturated carbocycles. The van der Waals surface area contributed by atoms with Gasteiger partial charge in [-0.15, -0.1) is 0 Å². The van der Waals surface area contributed by atoms with Crippen LogP contribution >= 0.6 is 0 Å². The smallest absolute Gasteiger partial charge is 0.258 e. The van der Waals surface area contributed by atoms with Crippen molar-refractivity contribution >= 4 is 12.1 Å². The summed E-state index contributed by atoms with van der Waals surface area (Å²) in [5.41, 5.74) is 12.0. The fraction of sp³-hybridized carbons (Fsp3) is 0.300. The Hall–Kier alpha value is -2.70. The second kappa shape index (κ2) is 8.60. The van der Waals surface area contributed by atoms with Gasteiger partial charge in [-0.05, 0) is 43.5 Å². The lowest BCUT2D eigenvalue weighted by Crippen LogP contribution is -2.41. The number of carbonyl (C=O) groups is 1. The summed E-state index contributed by atoms with van der Waals surface area (Å²) in [6.45, 7) is 4.62. The van der Waals surface area contributed by atoms with E-state index in [1.165, 1.54) is 5.56 Å². The molecule has 2 unspecified atom stereocenters.